The maximum Gasteiger partial charge on any atom is 0.0229 e. The van der Waals surface area contributed by atoms with Gasteiger partial charge in [0.1, 0.15) is 0 Å². The molecule has 2 bridgehead atoms. The van der Waals surface area contributed by atoms with Gasteiger partial charge in [0, 0.05) is 30.7 Å². The van der Waals surface area contributed by atoms with Crippen LogP contribution < -0.4 is 5.32 Å². The summed E-state index contributed by atoms with van der Waals surface area (Å²) in [5.74, 6) is 0. The van der Waals surface area contributed by atoms with Gasteiger partial charge in [-0.1, -0.05) is 20.3 Å². The second-order valence-electron chi connectivity index (χ2n) is 7.10. The van der Waals surface area contributed by atoms with Crippen LogP contribution in [-0.4, -0.2) is 60.1 Å². The molecule has 3 heteroatoms. The third-order valence-electron chi connectivity index (χ3n) is 5.87. The van der Waals surface area contributed by atoms with Crippen molar-refractivity contribution in [2.75, 3.05) is 26.2 Å². The van der Waals surface area contributed by atoms with Crippen LogP contribution >= 0.6 is 0 Å². The van der Waals surface area contributed by atoms with Crippen molar-refractivity contribution >= 4 is 0 Å². The van der Waals surface area contributed by atoms with E-state index < -0.39 is 0 Å². The molecule has 0 radical (unpaired) electrons. The van der Waals surface area contributed by atoms with E-state index in [2.05, 4.69) is 29.0 Å². The van der Waals surface area contributed by atoms with Crippen molar-refractivity contribution in [1.29, 1.82) is 0 Å². The fourth-order valence-electron chi connectivity index (χ4n) is 5.03. The van der Waals surface area contributed by atoms with Crippen molar-refractivity contribution in [1.82, 2.24) is 15.1 Å². The molecule has 3 aliphatic heterocycles. The normalized spacial score (nSPS) is 39.9. The number of fused-ring (bicyclic) bond motifs is 2. The second kappa shape index (κ2) is 6.76. The third kappa shape index (κ3) is 3.05. The fraction of sp³-hybridized carbons (Fsp3) is 1.00. The Morgan fingerprint density at radius 1 is 0.950 bits per heavy atom. The Morgan fingerprint density at radius 3 is 2.30 bits per heavy atom. The number of hydrogen-bond donors (Lipinski definition) is 1. The van der Waals surface area contributed by atoms with E-state index in [9.17, 15) is 0 Å². The molecule has 3 heterocycles. The van der Waals surface area contributed by atoms with Crippen LogP contribution in [0.5, 0.6) is 0 Å². The van der Waals surface area contributed by atoms with Crippen molar-refractivity contribution in [3.8, 4) is 0 Å². The zero-order chi connectivity index (χ0) is 13.9. The Morgan fingerprint density at radius 2 is 1.65 bits per heavy atom. The summed E-state index contributed by atoms with van der Waals surface area (Å²) >= 11 is 0. The van der Waals surface area contributed by atoms with Gasteiger partial charge in [0.2, 0.25) is 0 Å². The van der Waals surface area contributed by atoms with Gasteiger partial charge in [-0.3, -0.25) is 4.90 Å². The molecule has 0 saturated carbocycles. The van der Waals surface area contributed by atoms with Gasteiger partial charge in [-0.25, -0.2) is 0 Å². The van der Waals surface area contributed by atoms with E-state index in [1.807, 2.05) is 0 Å². The number of piperidine rings is 3. The Hall–Kier alpha value is -0.120. The lowest BCUT2D eigenvalue weighted by Crippen LogP contribution is -2.62. The van der Waals surface area contributed by atoms with Crippen molar-refractivity contribution in [2.24, 2.45) is 0 Å². The lowest BCUT2D eigenvalue weighted by molar-refractivity contribution is -0.0337. The van der Waals surface area contributed by atoms with E-state index in [-0.39, 0.29) is 0 Å². The highest BCUT2D eigenvalue weighted by molar-refractivity contribution is 4.99. The predicted molar refractivity (Wildman–Crippen MR) is 85.1 cm³/mol. The first-order valence-electron chi connectivity index (χ1n) is 9.05. The Balaban J connectivity index is 1.66. The van der Waals surface area contributed by atoms with Gasteiger partial charge < -0.3 is 10.2 Å². The molecule has 0 spiro atoms. The minimum absolute atomic E-state index is 0.789. The molecule has 3 unspecified atom stereocenters. The van der Waals surface area contributed by atoms with E-state index in [4.69, 9.17) is 0 Å². The predicted octanol–water partition coefficient (Wildman–Crippen LogP) is 2.47. The highest BCUT2D eigenvalue weighted by atomic mass is 15.3. The topological polar surface area (TPSA) is 18.5 Å². The van der Waals surface area contributed by atoms with E-state index in [1.165, 1.54) is 64.6 Å². The van der Waals surface area contributed by atoms with Crippen LogP contribution in [0.15, 0.2) is 0 Å². The van der Waals surface area contributed by atoms with Gasteiger partial charge in [0.05, 0.1) is 0 Å². The van der Waals surface area contributed by atoms with Crippen LogP contribution in [-0.2, 0) is 0 Å². The molecule has 0 aliphatic carbocycles. The first-order valence-corrected chi connectivity index (χ1v) is 9.05. The summed E-state index contributed by atoms with van der Waals surface area (Å²) in [5, 5.41) is 3.72. The number of hydrogen-bond acceptors (Lipinski definition) is 3. The van der Waals surface area contributed by atoms with Crippen LogP contribution in [0.4, 0.5) is 0 Å². The summed E-state index contributed by atoms with van der Waals surface area (Å²) in [7, 11) is 0. The maximum atomic E-state index is 3.72. The van der Waals surface area contributed by atoms with Gasteiger partial charge in [0.25, 0.3) is 0 Å². The summed E-state index contributed by atoms with van der Waals surface area (Å²) < 4.78 is 0. The first-order chi connectivity index (χ1) is 9.81. The molecule has 3 rings (SSSR count). The maximum absolute atomic E-state index is 3.72. The molecule has 1 N–H and O–H groups in total. The van der Waals surface area contributed by atoms with Crippen LogP contribution in [0.2, 0.25) is 0 Å². The number of rotatable bonds is 4. The molecule has 3 atom stereocenters. The van der Waals surface area contributed by atoms with Crippen LogP contribution in [0.1, 0.15) is 58.8 Å². The van der Waals surface area contributed by atoms with Gasteiger partial charge in [-0.15, -0.1) is 0 Å². The molecule has 3 fully saturated rings. The van der Waals surface area contributed by atoms with Gasteiger partial charge in [-0.05, 0) is 58.2 Å². The monoisotopic (exact) mass is 279 g/mol. The summed E-state index contributed by atoms with van der Waals surface area (Å²) in [5.41, 5.74) is 0. The lowest BCUT2D eigenvalue weighted by Gasteiger charge is -2.54. The SMILES string of the molecule is CCNC1CC2CCCC(C1)N2C1CCCN(CC)C1. The van der Waals surface area contributed by atoms with Gasteiger partial charge in [-0.2, -0.15) is 0 Å². The van der Waals surface area contributed by atoms with Crippen molar-refractivity contribution in [2.45, 2.75) is 83.0 Å². The average Bonchev–Trinajstić information content (AvgIpc) is 2.47. The number of nitrogens with zero attached hydrogens (tertiary/aromatic N) is 2. The largest absolute Gasteiger partial charge is 0.314 e. The average molecular weight is 279 g/mol. The summed E-state index contributed by atoms with van der Waals surface area (Å²) in [6, 6.07) is 3.38. The Bertz CT molecular complexity index is 293. The molecule has 0 aromatic carbocycles. The van der Waals surface area contributed by atoms with Crippen molar-refractivity contribution in [3.63, 3.8) is 0 Å². The lowest BCUT2D eigenvalue weighted by atomic mass is 9.79. The number of nitrogens with one attached hydrogen (secondary N) is 1. The van der Waals surface area contributed by atoms with Crippen LogP contribution in [0.3, 0.4) is 0 Å². The second-order valence-corrected chi connectivity index (χ2v) is 7.10. The van der Waals surface area contributed by atoms with Crippen LogP contribution in [0.25, 0.3) is 0 Å². The standard InChI is InChI=1S/C17H33N3/c1-3-18-14-11-15-7-5-8-16(12-14)20(15)17-9-6-10-19(4-2)13-17/h14-18H,3-13H2,1-2H3. The van der Waals surface area contributed by atoms with E-state index in [1.54, 1.807) is 0 Å². The van der Waals surface area contributed by atoms with Crippen LogP contribution in [0, 0.1) is 0 Å². The zero-order valence-corrected chi connectivity index (χ0v) is 13.5. The molecular weight excluding hydrogens is 246 g/mol. The minimum atomic E-state index is 0.789. The molecule has 116 valence electrons. The molecule has 3 saturated heterocycles. The molecule has 0 aromatic heterocycles. The summed E-state index contributed by atoms with van der Waals surface area (Å²) in [6.45, 7) is 9.60. The van der Waals surface area contributed by atoms with Gasteiger partial charge in [0.15, 0.2) is 0 Å². The summed E-state index contributed by atoms with van der Waals surface area (Å²) in [4.78, 5) is 5.64. The third-order valence-corrected chi connectivity index (χ3v) is 5.87. The quantitative estimate of drug-likeness (QED) is 0.853. The van der Waals surface area contributed by atoms with Gasteiger partial charge >= 0.3 is 0 Å². The fourth-order valence-corrected chi connectivity index (χ4v) is 5.03. The highest BCUT2D eigenvalue weighted by Gasteiger charge is 2.42. The van der Waals surface area contributed by atoms with E-state index >= 15 is 0 Å². The minimum Gasteiger partial charge on any atom is -0.314 e. The highest BCUT2D eigenvalue weighted by Crippen LogP contribution is 2.37. The molecule has 0 aromatic rings. The van der Waals surface area contributed by atoms with Crippen molar-refractivity contribution < 1.29 is 0 Å². The number of likely N-dealkylation sites (tertiary alicyclic amines) is 1. The molecule has 3 nitrogen and oxygen atoms in total. The molecule has 0 amide bonds. The first kappa shape index (κ1) is 14.8. The van der Waals surface area contributed by atoms with E-state index in [0.29, 0.717) is 0 Å². The van der Waals surface area contributed by atoms with E-state index in [0.717, 1.165) is 30.7 Å². The molecule has 3 aliphatic rings. The Labute approximate surface area is 125 Å². The molecule has 20 heavy (non-hydrogen) atoms. The summed E-state index contributed by atoms with van der Waals surface area (Å²) in [6.07, 6.45) is 10.00. The Kier molecular flexibility index (Phi) is 5.00. The molecular formula is C17H33N3. The zero-order valence-electron chi connectivity index (χ0n) is 13.5. The van der Waals surface area contributed by atoms with Crippen molar-refractivity contribution in [3.05, 3.63) is 0 Å². The number of likely N-dealkylation sites (N-methyl/N-ethyl adjacent to an activating group) is 1. The smallest absolute Gasteiger partial charge is 0.0229 e.